The van der Waals surface area contributed by atoms with Gasteiger partial charge in [-0.05, 0) is 0 Å². The molecule has 0 N–H and O–H groups in total. The molecule has 0 atom stereocenters. The third-order valence-corrected chi connectivity index (χ3v) is 14.4. The van der Waals surface area contributed by atoms with Gasteiger partial charge in [-0.25, -0.2) is 0 Å². The van der Waals surface area contributed by atoms with E-state index < -0.39 is 26.2 Å². The van der Waals surface area contributed by atoms with Crippen molar-refractivity contribution in [2.75, 3.05) is 0 Å². The van der Waals surface area contributed by atoms with Crippen molar-refractivity contribution in [1.82, 2.24) is 0 Å². The largest absolute Gasteiger partial charge is 1.00 e. The molecule has 0 aliphatic carbocycles. The van der Waals surface area contributed by atoms with Gasteiger partial charge in [0.2, 0.25) is 0 Å². The van der Waals surface area contributed by atoms with Crippen LogP contribution in [-0.4, -0.2) is 14.4 Å². The molecule has 0 aliphatic heterocycles. The smallest absolute Gasteiger partial charge is 1.00 e. The second-order valence-electron chi connectivity index (χ2n) is 1.68. The van der Waals surface area contributed by atoms with E-state index in [9.17, 15) is 40.5 Å². The van der Waals surface area contributed by atoms with Crippen LogP contribution >= 0.6 is 19.2 Å². The third-order valence-electron chi connectivity index (χ3n) is 1.02. The number of rotatable bonds is 4. The summed E-state index contributed by atoms with van der Waals surface area (Å²) in [5.74, 6) is 0. The van der Waals surface area contributed by atoms with Crippen LogP contribution in [0.1, 0.15) is 0 Å². The standard InChI is InChI=1S/2ClH.Ir.3K.4NO2/c;;;;;;4*2-1-3/h2*1H;;;;;;;;/q;;-1;3*+1;;;;/p-2. The van der Waals surface area contributed by atoms with E-state index in [4.69, 9.17) is 0 Å². The van der Waals surface area contributed by atoms with E-state index in [1.54, 1.807) is 0 Å². The number of hydrogen-bond acceptors (Lipinski definition) is 8. The Bertz CT molecular complexity index is 345. The first-order valence-electron chi connectivity index (χ1n) is 2.31. The van der Waals surface area contributed by atoms with Gasteiger partial charge in [0.15, 0.2) is 0 Å². The predicted octanol–water partition coefficient (Wildman–Crippen LogP) is -8.70. The Morgan fingerprint density at radius 1 is 0.611 bits per heavy atom. The molecule has 0 saturated carbocycles. The molecule has 18 heteroatoms. The molecule has 0 unspecified atom stereocenters. The predicted molar refractivity (Wildman–Crippen MR) is 39.7 cm³/mol. The molecule has 0 aromatic rings. The summed E-state index contributed by atoms with van der Waals surface area (Å²) in [7, 11) is 9.10. The van der Waals surface area contributed by atoms with Crippen molar-refractivity contribution in [2.24, 2.45) is 0 Å². The second-order valence-corrected chi connectivity index (χ2v) is 22.1. The van der Waals surface area contributed by atoms with E-state index in [1.165, 1.54) is 0 Å². The fraction of sp³-hybridized carbons (Fsp3) is 0. The average molecular weight is 564 g/mol. The van der Waals surface area contributed by atoms with Crippen LogP contribution in [0.15, 0.2) is 0 Å². The van der Waals surface area contributed by atoms with E-state index in [0.717, 1.165) is 0 Å². The molecule has 0 radical (unpaired) electrons. The summed E-state index contributed by atoms with van der Waals surface area (Å²) in [5.41, 5.74) is 0. The molecular weight excluding hydrogens is 564 g/mol. The molecule has 0 aromatic heterocycles. The second kappa shape index (κ2) is 8.55. The molecule has 0 rings (SSSR count). The summed E-state index contributed by atoms with van der Waals surface area (Å²) in [5, 5.41) is 41.2. The summed E-state index contributed by atoms with van der Waals surface area (Å²) < 4.78 is -9.71. The van der Waals surface area contributed by atoms with Gasteiger partial charge in [-0.3, -0.25) is 0 Å². The Hall–Kier alpha value is 3.74. The SMILES string of the molecule is O=[N+]([O-])[Ir-3]([Cl])([Cl])([N+](=O)[O-])([N+](=O)[O-])[N+](=O)[O-].[K+].[K+].[K+]. The molecule has 0 amide bonds. The summed E-state index contributed by atoms with van der Waals surface area (Å²) in [6, 6.07) is 0. The Morgan fingerprint density at radius 3 is 0.722 bits per heavy atom. The zero-order valence-corrected chi connectivity index (χ0v) is 22.4. The first-order valence-corrected chi connectivity index (χ1v) is 12.5. The number of halogens is 2. The van der Waals surface area contributed by atoms with Crippen LogP contribution in [0.3, 0.4) is 0 Å². The van der Waals surface area contributed by atoms with Gasteiger partial charge in [-0.15, -0.1) is 0 Å². The maximum atomic E-state index is 10.3. The van der Waals surface area contributed by atoms with Gasteiger partial charge < -0.3 is 0 Å². The van der Waals surface area contributed by atoms with Crippen molar-refractivity contribution in [3.05, 3.63) is 40.5 Å². The Labute approximate surface area is 233 Å². The molecule has 94 valence electrons. The van der Waals surface area contributed by atoms with Gasteiger partial charge in [0, 0.05) is 0 Å². The first-order chi connectivity index (χ1) is 6.38. The molecule has 12 nitrogen and oxygen atoms in total. The number of nitro groups is 4. The molecule has 0 fully saturated rings. The van der Waals surface area contributed by atoms with Crippen molar-refractivity contribution in [3.8, 4) is 0 Å². The Balaban J connectivity index is -0.000000327. The quantitative estimate of drug-likeness (QED) is 0.184. The maximum absolute atomic E-state index is 10.3. The number of hydrogen-bond donors (Lipinski definition) is 0. The Morgan fingerprint density at radius 2 is 0.722 bits per heavy atom. The molecule has 0 spiro atoms. The maximum Gasteiger partial charge on any atom is 1.00 e. The molecule has 0 aliphatic rings. The van der Waals surface area contributed by atoms with Crippen LogP contribution in [0.4, 0.5) is 0 Å². The van der Waals surface area contributed by atoms with Gasteiger partial charge in [0.25, 0.3) is 0 Å². The summed E-state index contributed by atoms with van der Waals surface area (Å²) in [4.78, 5) is 41.2. The van der Waals surface area contributed by atoms with E-state index in [0.29, 0.717) is 0 Å². The van der Waals surface area contributed by atoms with Gasteiger partial charge in [0.05, 0.1) is 0 Å². The van der Waals surface area contributed by atoms with Crippen LogP contribution in [0, 0.1) is 40.5 Å². The van der Waals surface area contributed by atoms with Crippen molar-refractivity contribution >= 4 is 19.2 Å². The normalized spacial score (nSPS) is 13.2. The van der Waals surface area contributed by atoms with Crippen LogP contribution in [0.2, 0.25) is 0 Å². The van der Waals surface area contributed by atoms with E-state index in [-0.39, 0.29) is 154 Å². The minimum absolute atomic E-state index is 0. The minimum atomic E-state index is -9.15. The van der Waals surface area contributed by atoms with Crippen molar-refractivity contribution in [3.63, 3.8) is 0 Å². The first kappa shape index (κ1) is 29.7. The van der Waals surface area contributed by atoms with Crippen LogP contribution in [0.5, 0.6) is 0 Å². The number of nitrogens with zero attached hydrogens (tertiary/aromatic N) is 4. The minimum Gasteiger partial charge on any atom is 1.00 e. The summed E-state index contributed by atoms with van der Waals surface area (Å²) in [6.45, 7) is 0. The van der Waals surface area contributed by atoms with Crippen LogP contribution in [-0.2, 0) is 11.8 Å². The van der Waals surface area contributed by atoms with Crippen molar-refractivity contribution in [1.29, 1.82) is 0 Å². The van der Waals surface area contributed by atoms with E-state index >= 15 is 0 Å². The molecule has 0 aromatic carbocycles. The Kier molecular flexibility index (Phi) is 14.1. The zero-order chi connectivity index (χ0) is 12.7. The monoisotopic (exact) mass is 564 g/mol. The van der Waals surface area contributed by atoms with Crippen LogP contribution in [0.25, 0.3) is 0 Å². The van der Waals surface area contributed by atoms with Gasteiger partial charge in [-0.2, -0.15) is 0 Å². The fourth-order valence-electron chi connectivity index (χ4n) is 0.267. The average Bonchev–Trinajstić information content (AvgIpc) is 2.03. The molecule has 0 saturated heterocycles. The molecular formula is Cl2IrK3N4O8. The van der Waals surface area contributed by atoms with Crippen molar-refractivity contribution < 1.29 is 180 Å². The fourth-order valence-corrected chi connectivity index (χ4v) is 2.18. The van der Waals surface area contributed by atoms with E-state index in [1.807, 2.05) is 0 Å². The molecule has 18 heavy (non-hydrogen) atoms. The van der Waals surface area contributed by atoms with Crippen molar-refractivity contribution in [2.45, 2.75) is 0 Å². The third kappa shape index (κ3) is 3.62. The van der Waals surface area contributed by atoms with Gasteiger partial charge in [-0.1, -0.05) is 0 Å². The summed E-state index contributed by atoms with van der Waals surface area (Å²) >= 11 is -9.15. The van der Waals surface area contributed by atoms with Crippen LogP contribution < -0.4 is 154 Å². The summed E-state index contributed by atoms with van der Waals surface area (Å²) in [6.07, 6.45) is 0. The van der Waals surface area contributed by atoms with Gasteiger partial charge >= 0.3 is 240 Å². The molecule has 0 bridgehead atoms. The van der Waals surface area contributed by atoms with Gasteiger partial charge in [0.1, 0.15) is 0 Å². The van der Waals surface area contributed by atoms with E-state index in [2.05, 4.69) is 19.2 Å². The topological polar surface area (TPSA) is 173 Å². The molecule has 0 heterocycles. The zero-order valence-electron chi connectivity index (χ0n) is 9.14.